The third-order valence-corrected chi connectivity index (χ3v) is 8.60. The molecule has 0 bridgehead atoms. The lowest BCUT2D eigenvalue weighted by atomic mass is 9.68. The summed E-state index contributed by atoms with van der Waals surface area (Å²) < 4.78 is 5.69. The Hall–Kier alpha value is -1.64. The molecule has 1 heterocycles. The summed E-state index contributed by atoms with van der Waals surface area (Å²) in [4.78, 5) is 4.82. The molecule has 0 radical (unpaired) electrons. The van der Waals surface area contributed by atoms with Crippen LogP contribution in [0.1, 0.15) is 127 Å². The van der Waals surface area contributed by atoms with Crippen LogP contribution in [0.25, 0.3) is 11.5 Å². The summed E-state index contributed by atoms with van der Waals surface area (Å²) in [5, 5.41) is 4.40. The fourth-order valence-electron chi connectivity index (χ4n) is 6.47. The van der Waals surface area contributed by atoms with E-state index in [9.17, 15) is 0 Å². The topological polar surface area (TPSA) is 38.9 Å². The molecule has 2 saturated carbocycles. The van der Waals surface area contributed by atoms with Crippen LogP contribution < -0.4 is 0 Å². The highest BCUT2D eigenvalue weighted by molar-refractivity contribution is 5.53. The quantitative estimate of drug-likeness (QED) is 0.320. The van der Waals surface area contributed by atoms with Gasteiger partial charge in [-0.2, -0.15) is 4.98 Å². The molecule has 0 atom stereocenters. The third-order valence-electron chi connectivity index (χ3n) is 8.60. The normalized spacial score (nSPS) is 25.9. The molecular weight excluding hydrogens is 404 g/mol. The minimum Gasteiger partial charge on any atom is -0.334 e. The first kappa shape index (κ1) is 24.5. The van der Waals surface area contributed by atoms with Crippen molar-refractivity contribution in [2.75, 3.05) is 0 Å². The van der Waals surface area contributed by atoms with Gasteiger partial charge < -0.3 is 4.52 Å². The summed E-state index contributed by atoms with van der Waals surface area (Å²) in [6.45, 7) is 4.61. The lowest BCUT2D eigenvalue weighted by molar-refractivity contribution is 0.155. The molecule has 1 aromatic carbocycles. The van der Waals surface area contributed by atoms with Crippen molar-refractivity contribution in [1.29, 1.82) is 0 Å². The van der Waals surface area contributed by atoms with Crippen molar-refractivity contribution in [3.63, 3.8) is 0 Å². The fraction of sp³-hybridized carbons (Fsp3) is 0.733. The van der Waals surface area contributed by atoms with Gasteiger partial charge in [0.15, 0.2) is 5.82 Å². The van der Waals surface area contributed by atoms with Crippen molar-refractivity contribution in [3.05, 3.63) is 35.7 Å². The molecule has 0 aliphatic heterocycles. The van der Waals surface area contributed by atoms with E-state index < -0.39 is 0 Å². The zero-order valence-electron chi connectivity index (χ0n) is 21.2. The predicted octanol–water partition coefficient (Wildman–Crippen LogP) is 9.13. The van der Waals surface area contributed by atoms with Crippen molar-refractivity contribution in [2.24, 2.45) is 17.8 Å². The highest BCUT2D eigenvalue weighted by Crippen LogP contribution is 2.44. The van der Waals surface area contributed by atoms with Gasteiger partial charge in [0.2, 0.25) is 0 Å². The molecular formula is C30H46N2O. The van der Waals surface area contributed by atoms with Gasteiger partial charge in [0.25, 0.3) is 5.89 Å². The largest absolute Gasteiger partial charge is 0.334 e. The molecule has 2 fully saturated rings. The second-order valence-electron chi connectivity index (χ2n) is 11.0. The van der Waals surface area contributed by atoms with Crippen molar-refractivity contribution < 1.29 is 4.52 Å². The first-order valence-electron chi connectivity index (χ1n) is 14.2. The van der Waals surface area contributed by atoms with Gasteiger partial charge in [-0.1, -0.05) is 82.5 Å². The Labute approximate surface area is 202 Å². The van der Waals surface area contributed by atoms with E-state index >= 15 is 0 Å². The van der Waals surface area contributed by atoms with Gasteiger partial charge in [0.05, 0.1) is 0 Å². The lowest BCUT2D eigenvalue weighted by Crippen LogP contribution is -2.25. The monoisotopic (exact) mass is 450 g/mol. The minimum atomic E-state index is 0.484. The average Bonchev–Trinajstić information content (AvgIpc) is 3.36. The summed E-state index contributed by atoms with van der Waals surface area (Å²) in [6.07, 6.45) is 21.7. The van der Waals surface area contributed by atoms with E-state index in [1.54, 1.807) is 0 Å². The maximum atomic E-state index is 5.69. The Morgan fingerprint density at radius 1 is 0.758 bits per heavy atom. The van der Waals surface area contributed by atoms with Crippen molar-refractivity contribution in [2.45, 2.75) is 122 Å². The smallest absolute Gasteiger partial charge is 0.257 e. The van der Waals surface area contributed by atoms with Crippen molar-refractivity contribution in [3.8, 4) is 11.5 Å². The Balaban J connectivity index is 1.23. The molecule has 182 valence electrons. The van der Waals surface area contributed by atoms with Gasteiger partial charge in [-0.05, 0) is 86.8 Å². The van der Waals surface area contributed by atoms with E-state index in [0.29, 0.717) is 11.8 Å². The van der Waals surface area contributed by atoms with Crippen LogP contribution in [0.3, 0.4) is 0 Å². The van der Waals surface area contributed by atoms with Gasteiger partial charge in [-0.15, -0.1) is 0 Å². The summed E-state index contributed by atoms with van der Waals surface area (Å²) in [5.74, 6) is 5.04. The first-order chi connectivity index (χ1) is 16.3. The molecule has 2 aliphatic carbocycles. The molecule has 0 spiro atoms. The van der Waals surface area contributed by atoms with Crippen LogP contribution in [-0.2, 0) is 6.42 Å². The van der Waals surface area contributed by atoms with E-state index in [2.05, 4.69) is 43.3 Å². The van der Waals surface area contributed by atoms with Crippen LogP contribution in [0, 0.1) is 17.8 Å². The molecule has 0 N–H and O–H groups in total. The van der Waals surface area contributed by atoms with Gasteiger partial charge in [-0.25, -0.2) is 0 Å². The summed E-state index contributed by atoms with van der Waals surface area (Å²) in [6, 6.07) is 8.79. The average molecular weight is 451 g/mol. The van der Waals surface area contributed by atoms with Crippen LogP contribution in [0.15, 0.2) is 28.8 Å². The van der Waals surface area contributed by atoms with Crippen LogP contribution in [0.5, 0.6) is 0 Å². The molecule has 2 aliphatic rings. The number of nitrogens with zero attached hydrogens (tertiary/aromatic N) is 2. The molecule has 33 heavy (non-hydrogen) atoms. The van der Waals surface area contributed by atoms with E-state index in [0.717, 1.165) is 29.1 Å². The molecule has 0 saturated heterocycles. The Morgan fingerprint density at radius 3 is 2.09 bits per heavy atom. The molecule has 3 heteroatoms. The SMILES string of the molecule is CCCCCCCc1ccc(-c2nc(C3CCC(C4CCC(CCC)CC4)CC3)no2)cc1. The summed E-state index contributed by atoms with van der Waals surface area (Å²) in [5.41, 5.74) is 2.47. The highest BCUT2D eigenvalue weighted by atomic mass is 16.5. The fourth-order valence-corrected chi connectivity index (χ4v) is 6.47. The van der Waals surface area contributed by atoms with Crippen LogP contribution in [0.2, 0.25) is 0 Å². The molecule has 0 amide bonds. The maximum absolute atomic E-state index is 5.69. The number of rotatable bonds is 11. The van der Waals surface area contributed by atoms with Gasteiger partial charge in [-0.3, -0.25) is 0 Å². The minimum absolute atomic E-state index is 0.484. The van der Waals surface area contributed by atoms with E-state index in [1.807, 2.05) is 0 Å². The molecule has 4 rings (SSSR count). The number of hydrogen-bond donors (Lipinski definition) is 0. The molecule has 2 aromatic rings. The Morgan fingerprint density at radius 2 is 1.42 bits per heavy atom. The highest BCUT2D eigenvalue weighted by Gasteiger charge is 2.32. The van der Waals surface area contributed by atoms with Gasteiger partial charge in [0, 0.05) is 11.5 Å². The summed E-state index contributed by atoms with van der Waals surface area (Å²) >= 11 is 0. The van der Waals surface area contributed by atoms with E-state index in [4.69, 9.17) is 9.51 Å². The Kier molecular flexibility index (Phi) is 9.44. The molecule has 3 nitrogen and oxygen atoms in total. The number of hydrogen-bond acceptors (Lipinski definition) is 3. The van der Waals surface area contributed by atoms with Crippen molar-refractivity contribution in [1.82, 2.24) is 10.1 Å². The number of benzene rings is 1. The van der Waals surface area contributed by atoms with Gasteiger partial charge >= 0.3 is 0 Å². The zero-order valence-corrected chi connectivity index (χ0v) is 21.2. The summed E-state index contributed by atoms with van der Waals surface area (Å²) in [7, 11) is 0. The molecule has 0 unspecified atom stereocenters. The van der Waals surface area contributed by atoms with E-state index in [1.165, 1.54) is 108 Å². The van der Waals surface area contributed by atoms with Gasteiger partial charge in [0.1, 0.15) is 0 Å². The van der Waals surface area contributed by atoms with Crippen LogP contribution in [0.4, 0.5) is 0 Å². The first-order valence-corrected chi connectivity index (χ1v) is 14.2. The van der Waals surface area contributed by atoms with E-state index in [-0.39, 0.29) is 0 Å². The zero-order chi connectivity index (χ0) is 22.9. The third kappa shape index (κ3) is 6.93. The standard InChI is InChI=1S/C30H46N2O/c1-3-5-6-7-8-10-24-13-17-28(18-14-24)30-31-29(32-33-30)27-21-19-26(20-22-27)25-15-11-23(9-4-2)12-16-25/h13-14,17-18,23,25-27H,3-12,15-16,19-22H2,1-2H3. The number of aryl methyl sites for hydroxylation is 1. The Bertz CT molecular complexity index is 795. The second-order valence-corrected chi connectivity index (χ2v) is 11.0. The maximum Gasteiger partial charge on any atom is 0.257 e. The second kappa shape index (κ2) is 12.7. The number of aromatic nitrogens is 2. The van der Waals surface area contributed by atoms with Crippen LogP contribution >= 0.6 is 0 Å². The lowest BCUT2D eigenvalue weighted by Gasteiger charge is -2.37. The van der Waals surface area contributed by atoms with Crippen molar-refractivity contribution >= 4 is 0 Å². The number of unbranched alkanes of at least 4 members (excludes halogenated alkanes) is 4. The van der Waals surface area contributed by atoms with Crippen LogP contribution in [-0.4, -0.2) is 10.1 Å². The molecule has 1 aromatic heterocycles. The predicted molar refractivity (Wildman–Crippen MR) is 137 cm³/mol.